The number of hydrogen-bond donors (Lipinski definition) is 1. The molecule has 1 N–H and O–H groups in total. The van der Waals surface area contributed by atoms with Gasteiger partial charge >= 0.3 is 0 Å². The molecule has 2 aliphatic rings. The SMILES string of the molecule is O=C(NCCN1CCOCC1)C1CCN(c2ccc(Cl)cc2F)C1=O. The van der Waals surface area contributed by atoms with E-state index in [1.165, 1.54) is 23.1 Å². The number of anilines is 1. The number of morpholine rings is 1. The van der Waals surface area contributed by atoms with Crippen molar-refractivity contribution in [3.05, 3.63) is 29.0 Å². The van der Waals surface area contributed by atoms with Crippen LogP contribution in [0.2, 0.25) is 5.02 Å². The van der Waals surface area contributed by atoms with E-state index in [1.807, 2.05) is 0 Å². The molecule has 0 spiro atoms. The van der Waals surface area contributed by atoms with Gasteiger partial charge in [-0.25, -0.2) is 4.39 Å². The number of carbonyl (C=O) groups is 2. The molecule has 0 saturated carbocycles. The minimum absolute atomic E-state index is 0.165. The molecule has 0 aliphatic carbocycles. The Morgan fingerprint density at radius 2 is 2.08 bits per heavy atom. The maximum atomic E-state index is 14.0. The molecule has 1 unspecified atom stereocenters. The van der Waals surface area contributed by atoms with Crippen LogP contribution in [0.4, 0.5) is 10.1 Å². The van der Waals surface area contributed by atoms with Crippen LogP contribution < -0.4 is 10.2 Å². The number of nitrogens with zero attached hydrogens (tertiary/aromatic N) is 2. The fourth-order valence-electron chi connectivity index (χ4n) is 3.15. The average Bonchev–Trinajstić information content (AvgIpc) is 2.97. The summed E-state index contributed by atoms with van der Waals surface area (Å²) in [7, 11) is 0. The van der Waals surface area contributed by atoms with Crippen molar-refractivity contribution in [2.45, 2.75) is 6.42 Å². The molecule has 136 valence electrons. The molecule has 2 fully saturated rings. The molecule has 1 aromatic carbocycles. The van der Waals surface area contributed by atoms with E-state index >= 15 is 0 Å². The van der Waals surface area contributed by atoms with Crippen molar-refractivity contribution < 1.29 is 18.7 Å². The van der Waals surface area contributed by atoms with E-state index in [1.54, 1.807) is 0 Å². The molecule has 1 aromatic rings. The number of carbonyl (C=O) groups excluding carboxylic acids is 2. The Hall–Kier alpha value is -1.70. The summed E-state index contributed by atoms with van der Waals surface area (Å²) in [6.07, 6.45) is 0.379. The molecule has 2 saturated heterocycles. The molecule has 8 heteroatoms. The smallest absolute Gasteiger partial charge is 0.239 e. The highest BCUT2D eigenvalue weighted by Gasteiger charge is 2.38. The van der Waals surface area contributed by atoms with Crippen molar-refractivity contribution in [1.82, 2.24) is 10.2 Å². The number of ether oxygens (including phenoxy) is 1. The molecule has 6 nitrogen and oxygen atoms in total. The normalized spacial score (nSPS) is 21.6. The Bertz CT molecular complexity index is 652. The zero-order valence-electron chi connectivity index (χ0n) is 13.8. The summed E-state index contributed by atoms with van der Waals surface area (Å²) in [6.45, 7) is 4.64. The topological polar surface area (TPSA) is 61.9 Å². The predicted octanol–water partition coefficient (Wildman–Crippen LogP) is 1.28. The highest BCUT2D eigenvalue weighted by atomic mass is 35.5. The van der Waals surface area contributed by atoms with Crippen LogP contribution in [0, 0.1) is 11.7 Å². The molecular formula is C17H21ClFN3O3. The summed E-state index contributed by atoms with van der Waals surface area (Å²) in [5, 5.41) is 3.08. The quantitative estimate of drug-likeness (QED) is 0.794. The first-order valence-electron chi connectivity index (χ1n) is 8.40. The minimum atomic E-state index is -0.764. The van der Waals surface area contributed by atoms with Crippen LogP contribution in [-0.2, 0) is 14.3 Å². The van der Waals surface area contributed by atoms with E-state index < -0.39 is 11.7 Å². The summed E-state index contributed by atoms with van der Waals surface area (Å²) in [6, 6.07) is 4.16. The van der Waals surface area contributed by atoms with Gasteiger partial charge in [0, 0.05) is 37.7 Å². The van der Waals surface area contributed by atoms with Gasteiger partial charge in [-0.15, -0.1) is 0 Å². The van der Waals surface area contributed by atoms with Crippen molar-refractivity contribution in [1.29, 1.82) is 0 Å². The molecule has 0 aromatic heterocycles. The standard InChI is InChI=1S/C17H21ClFN3O3/c18-12-1-2-15(14(19)11-12)22-5-3-13(17(22)24)16(23)20-4-6-21-7-9-25-10-8-21/h1-2,11,13H,3-10H2,(H,20,23). The van der Waals surface area contributed by atoms with Gasteiger partial charge in [-0.2, -0.15) is 0 Å². The van der Waals surface area contributed by atoms with E-state index in [0.717, 1.165) is 19.6 Å². The summed E-state index contributed by atoms with van der Waals surface area (Å²) < 4.78 is 19.3. The summed E-state index contributed by atoms with van der Waals surface area (Å²) >= 11 is 5.74. The zero-order valence-corrected chi connectivity index (χ0v) is 14.6. The van der Waals surface area contributed by atoms with Gasteiger partial charge in [0.05, 0.1) is 18.9 Å². The van der Waals surface area contributed by atoms with Crippen LogP contribution in [0.5, 0.6) is 0 Å². The molecule has 2 amide bonds. The van der Waals surface area contributed by atoms with Crippen LogP contribution in [0.3, 0.4) is 0 Å². The van der Waals surface area contributed by atoms with E-state index in [-0.39, 0.29) is 22.5 Å². The number of amides is 2. The van der Waals surface area contributed by atoms with Crippen LogP contribution in [0.15, 0.2) is 18.2 Å². The van der Waals surface area contributed by atoms with Gasteiger partial charge < -0.3 is 15.0 Å². The Morgan fingerprint density at radius 1 is 1.32 bits per heavy atom. The van der Waals surface area contributed by atoms with Crippen LogP contribution >= 0.6 is 11.6 Å². The zero-order chi connectivity index (χ0) is 17.8. The van der Waals surface area contributed by atoms with Gasteiger partial charge in [0.2, 0.25) is 11.8 Å². The first-order valence-corrected chi connectivity index (χ1v) is 8.78. The highest BCUT2D eigenvalue weighted by molar-refractivity contribution is 6.30. The fourth-order valence-corrected chi connectivity index (χ4v) is 3.31. The van der Waals surface area contributed by atoms with Crippen LogP contribution in [-0.4, -0.2) is 62.7 Å². The molecule has 25 heavy (non-hydrogen) atoms. The number of rotatable bonds is 5. The number of hydrogen-bond acceptors (Lipinski definition) is 4. The van der Waals surface area contributed by atoms with E-state index in [2.05, 4.69) is 10.2 Å². The Morgan fingerprint density at radius 3 is 2.80 bits per heavy atom. The lowest BCUT2D eigenvalue weighted by Crippen LogP contribution is -2.43. The van der Waals surface area contributed by atoms with Crippen LogP contribution in [0.1, 0.15) is 6.42 Å². The fraction of sp³-hybridized carbons (Fsp3) is 0.529. The molecule has 0 radical (unpaired) electrons. The molecule has 1 atom stereocenters. The summed E-state index contributed by atoms with van der Waals surface area (Å²) in [5.41, 5.74) is 0.165. The lowest BCUT2D eigenvalue weighted by atomic mass is 10.1. The monoisotopic (exact) mass is 369 g/mol. The van der Waals surface area contributed by atoms with Gasteiger partial charge in [0.1, 0.15) is 11.7 Å². The maximum absolute atomic E-state index is 14.0. The third-order valence-corrected chi connectivity index (χ3v) is 4.79. The maximum Gasteiger partial charge on any atom is 0.239 e. The van der Waals surface area contributed by atoms with Crippen molar-refractivity contribution in [3.63, 3.8) is 0 Å². The van der Waals surface area contributed by atoms with Gasteiger partial charge in [0.15, 0.2) is 0 Å². The highest BCUT2D eigenvalue weighted by Crippen LogP contribution is 2.29. The second kappa shape index (κ2) is 8.12. The Kier molecular flexibility index (Phi) is 5.88. The van der Waals surface area contributed by atoms with E-state index in [4.69, 9.17) is 16.3 Å². The molecular weight excluding hydrogens is 349 g/mol. The third-order valence-electron chi connectivity index (χ3n) is 4.55. The predicted molar refractivity (Wildman–Crippen MR) is 92.1 cm³/mol. The summed E-state index contributed by atoms with van der Waals surface area (Å²) in [4.78, 5) is 28.3. The second-order valence-corrected chi connectivity index (χ2v) is 6.61. The van der Waals surface area contributed by atoms with E-state index in [9.17, 15) is 14.0 Å². The van der Waals surface area contributed by atoms with Crippen molar-refractivity contribution in [2.24, 2.45) is 5.92 Å². The number of nitrogens with one attached hydrogen (secondary N) is 1. The van der Waals surface area contributed by atoms with Gasteiger partial charge in [-0.3, -0.25) is 14.5 Å². The second-order valence-electron chi connectivity index (χ2n) is 6.17. The van der Waals surface area contributed by atoms with Crippen molar-refractivity contribution >= 4 is 29.1 Å². The minimum Gasteiger partial charge on any atom is -0.379 e. The molecule has 2 heterocycles. The van der Waals surface area contributed by atoms with Gasteiger partial charge in [-0.05, 0) is 24.6 Å². The van der Waals surface area contributed by atoms with Crippen molar-refractivity contribution in [3.8, 4) is 0 Å². The third kappa shape index (κ3) is 4.29. The van der Waals surface area contributed by atoms with Gasteiger partial charge in [0.25, 0.3) is 0 Å². The Balaban J connectivity index is 1.53. The van der Waals surface area contributed by atoms with E-state index in [0.29, 0.717) is 32.7 Å². The summed E-state index contributed by atoms with van der Waals surface area (Å²) in [5.74, 6) is -1.99. The number of halogens is 2. The number of benzene rings is 1. The molecule has 0 bridgehead atoms. The lowest BCUT2D eigenvalue weighted by Gasteiger charge is -2.26. The Labute approximate surface area is 150 Å². The van der Waals surface area contributed by atoms with Crippen molar-refractivity contribution in [2.75, 3.05) is 50.8 Å². The molecule has 2 aliphatic heterocycles. The average molecular weight is 370 g/mol. The molecule has 3 rings (SSSR count). The largest absolute Gasteiger partial charge is 0.379 e. The van der Waals surface area contributed by atoms with Gasteiger partial charge in [-0.1, -0.05) is 11.6 Å². The first-order chi connectivity index (χ1) is 12.1. The first kappa shape index (κ1) is 18.1. The van der Waals surface area contributed by atoms with Crippen LogP contribution in [0.25, 0.3) is 0 Å². The lowest BCUT2D eigenvalue weighted by molar-refractivity contribution is -0.132.